The molecule has 0 aliphatic heterocycles. The van der Waals surface area contributed by atoms with Crippen LogP contribution in [0.3, 0.4) is 0 Å². The van der Waals surface area contributed by atoms with Gasteiger partial charge < -0.3 is 41.9 Å². The van der Waals surface area contributed by atoms with E-state index in [1.54, 1.807) is 6.92 Å². The van der Waals surface area contributed by atoms with Crippen LogP contribution >= 0.6 is 0 Å². The number of nitrogens with two attached hydrogens (primary N) is 1. The van der Waals surface area contributed by atoms with Crippen LogP contribution in [0.25, 0.3) is 5.76 Å². The van der Waals surface area contributed by atoms with Gasteiger partial charge in [0.25, 0.3) is 11.6 Å². The van der Waals surface area contributed by atoms with Crippen LogP contribution in [0, 0.1) is 22.0 Å². The highest BCUT2D eigenvalue weighted by Crippen LogP contribution is 2.56. The van der Waals surface area contributed by atoms with E-state index in [9.17, 15) is 54.8 Å². The molecule has 0 radical (unpaired) electrons. The molecule has 0 saturated heterocycles. The molecular weight excluding hydrogens is 630 g/mol. The topological polar surface area (TPSA) is 266 Å². The first-order valence-electron chi connectivity index (χ1n) is 14.9. The minimum absolute atomic E-state index is 0.116. The molecule has 0 aromatic heterocycles. The summed E-state index contributed by atoms with van der Waals surface area (Å²) in [6.45, 7) is 1.59. The van der Waals surface area contributed by atoms with E-state index in [0.717, 1.165) is 0 Å². The zero-order chi connectivity index (χ0) is 35.6. The number of hydrogen-bond acceptors (Lipinski definition) is 13. The molecule has 48 heavy (non-hydrogen) atoms. The van der Waals surface area contributed by atoms with Crippen molar-refractivity contribution in [2.45, 2.75) is 43.1 Å². The van der Waals surface area contributed by atoms with Crippen LogP contribution in [0.1, 0.15) is 29.5 Å². The highest BCUT2D eigenvalue weighted by molar-refractivity contribution is 6.24. The van der Waals surface area contributed by atoms with Crippen molar-refractivity contribution < 1.29 is 49.6 Å². The van der Waals surface area contributed by atoms with Crippen molar-refractivity contribution in [1.82, 2.24) is 10.2 Å². The number of aliphatic hydroxyl groups excluding tert-OH is 3. The zero-order valence-corrected chi connectivity index (χ0v) is 26.3. The number of non-ortho nitro benzene ring substituents is 1. The maximum Gasteiger partial charge on any atom is 0.269 e. The van der Waals surface area contributed by atoms with Crippen LogP contribution in [-0.4, -0.2) is 104 Å². The summed E-state index contributed by atoms with van der Waals surface area (Å²) < 4.78 is 0. The normalized spacial score (nSPS) is 27.3. The lowest BCUT2D eigenvalue weighted by molar-refractivity contribution is -0.384. The number of carbonyl (C=O) groups is 4. The van der Waals surface area contributed by atoms with Gasteiger partial charge in [-0.1, -0.05) is 25.1 Å². The van der Waals surface area contributed by atoms with Crippen LogP contribution in [0.15, 0.2) is 53.3 Å². The van der Waals surface area contributed by atoms with Crippen molar-refractivity contribution in [2.75, 3.05) is 26.5 Å². The van der Waals surface area contributed by atoms with E-state index in [4.69, 9.17) is 5.73 Å². The van der Waals surface area contributed by atoms with E-state index in [1.807, 2.05) is 0 Å². The average Bonchev–Trinajstić information content (AvgIpc) is 3.02. The fraction of sp³-hybridized carbons (Fsp3) is 0.375. The molecule has 2 aromatic carbocycles. The van der Waals surface area contributed by atoms with Crippen LogP contribution in [0.2, 0.25) is 0 Å². The molecule has 9 N–H and O–H groups in total. The Morgan fingerprint density at radius 2 is 1.73 bits per heavy atom. The Morgan fingerprint density at radius 1 is 1.10 bits per heavy atom. The Bertz CT molecular complexity index is 1820. The molecule has 7 atom stereocenters. The molecule has 3 aliphatic carbocycles. The fourth-order valence-electron chi connectivity index (χ4n) is 7.25. The third-order valence-corrected chi connectivity index (χ3v) is 9.64. The number of likely N-dealkylation sites (N-methyl/N-ethyl adjacent to an activating group) is 2. The lowest BCUT2D eigenvalue weighted by Crippen LogP contribution is -2.70. The number of phenols is 1. The monoisotopic (exact) mass is 665 g/mol. The lowest BCUT2D eigenvalue weighted by Gasteiger charge is -2.53. The minimum Gasteiger partial charge on any atom is -0.508 e. The van der Waals surface area contributed by atoms with E-state index in [0.29, 0.717) is 5.56 Å². The summed E-state index contributed by atoms with van der Waals surface area (Å²) in [7, 11) is 4.36. The number of primary amides is 1. The van der Waals surface area contributed by atoms with E-state index in [1.165, 1.54) is 62.4 Å². The number of nitro groups is 1. The van der Waals surface area contributed by atoms with Gasteiger partial charge in [-0.05, 0) is 50.7 Å². The van der Waals surface area contributed by atoms with Gasteiger partial charge in [0.15, 0.2) is 11.4 Å². The van der Waals surface area contributed by atoms with Crippen LogP contribution < -0.4 is 16.4 Å². The van der Waals surface area contributed by atoms with Gasteiger partial charge >= 0.3 is 0 Å². The summed E-state index contributed by atoms with van der Waals surface area (Å²) in [5.41, 5.74) is 1.04. The van der Waals surface area contributed by atoms with Gasteiger partial charge in [0, 0.05) is 23.6 Å². The van der Waals surface area contributed by atoms with E-state index in [-0.39, 0.29) is 28.9 Å². The van der Waals surface area contributed by atoms with Crippen molar-refractivity contribution >= 4 is 40.5 Å². The minimum atomic E-state index is -3.05. The first-order chi connectivity index (χ1) is 22.5. The SMILES string of the molecule is CN[C@@H](Cc1ccc([N+](=O)[O-])cc1)C(=O)Nc1ccc2c(c1O)C(O)=C1C(=O)[C@]3(O)C(O)=C(C(N)=O)C(=O)[C@@H](N(C)C)C3[C@@H](O)C1[C@H]2C. The number of nitrogens with zero attached hydrogens (tertiary/aromatic N) is 2. The second kappa shape index (κ2) is 12.1. The first-order valence-corrected chi connectivity index (χ1v) is 14.9. The van der Waals surface area contributed by atoms with Crippen molar-refractivity contribution in [1.29, 1.82) is 0 Å². The molecule has 0 bridgehead atoms. The second-order valence-corrected chi connectivity index (χ2v) is 12.4. The number of aromatic hydroxyl groups is 1. The fourth-order valence-corrected chi connectivity index (χ4v) is 7.25. The molecule has 1 fully saturated rings. The van der Waals surface area contributed by atoms with Crippen molar-refractivity contribution in [3.63, 3.8) is 0 Å². The van der Waals surface area contributed by atoms with Crippen LogP contribution in [-0.2, 0) is 25.6 Å². The Morgan fingerprint density at radius 3 is 2.27 bits per heavy atom. The highest BCUT2D eigenvalue weighted by Gasteiger charge is 2.68. The Hall–Kier alpha value is -5.16. The molecule has 254 valence electrons. The van der Waals surface area contributed by atoms with Gasteiger partial charge in [-0.15, -0.1) is 0 Å². The summed E-state index contributed by atoms with van der Waals surface area (Å²) in [6, 6.07) is 6.12. The number of ketones is 2. The average molecular weight is 666 g/mol. The molecule has 0 heterocycles. The molecule has 16 heteroatoms. The number of amides is 2. The van der Waals surface area contributed by atoms with Gasteiger partial charge in [-0.25, -0.2) is 0 Å². The van der Waals surface area contributed by atoms with Gasteiger partial charge in [0.05, 0.1) is 40.3 Å². The number of aliphatic hydroxyl groups is 4. The van der Waals surface area contributed by atoms with Gasteiger partial charge in [-0.3, -0.25) is 34.2 Å². The quantitative estimate of drug-likeness (QED) is 0.0810. The van der Waals surface area contributed by atoms with E-state index < -0.39 is 98.3 Å². The maximum atomic E-state index is 14.2. The summed E-state index contributed by atoms with van der Waals surface area (Å²) >= 11 is 0. The zero-order valence-electron chi connectivity index (χ0n) is 26.3. The molecule has 3 aliphatic rings. The number of benzene rings is 2. The summed E-state index contributed by atoms with van der Waals surface area (Å²) in [5, 5.41) is 73.9. The third kappa shape index (κ3) is 5.00. The largest absolute Gasteiger partial charge is 0.508 e. The number of nitrogens with one attached hydrogen (secondary N) is 2. The Balaban J connectivity index is 1.55. The summed E-state index contributed by atoms with van der Waals surface area (Å²) in [5.74, 6) is -10.9. The van der Waals surface area contributed by atoms with Crippen molar-refractivity contribution in [3.05, 3.63) is 80.1 Å². The van der Waals surface area contributed by atoms with Crippen LogP contribution in [0.4, 0.5) is 11.4 Å². The highest BCUT2D eigenvalue weighted by atomic mass is 16.6. The number of carbonyl (C=O) groups excluding carboxylic acids is 4. The predicted molar refractivity (Wildman–Crippen MR) is 169 cm³/mol. The number of fused-ring (bicyclic) bond motifs is 3. The van der Waals surface area contributed by atoms with Gasteiger partial charge in [0.2, 0.25) is 11.7 Å². The molecule has 2 aromatic rings. The molecule has 1 saturated carbocycles. The number of phenolic OH excluding ortho intramolecular Hbond substituents is 1. The van der Waals surface area contributed by atoms with Crippen molar-refractivity contribution in [2.24, 2.45) is 17.6 Å². The molecule has 16 nitrogen and oxygen atoms in total. The third-order valence-electron chi connectivity index (χ3n) is 9.64. The van der Waals surface area contributed by atoms with Gasteiger partial charge in [-0.2, -0.15) is 0 Å². The standard InChI is InChI=1S/C32H35N5O11/c1-12-15-9-10-16(35-31(45)17(34-2)11-13-5-7-14(8-6-13)37(47)48)24(38)19(15)25(39)20-18(12)26(40)22-23(36(3)4)27(41)21(30(33)44)29(43)32(22,46)28(20)42/h5-10,12,17-18,22-23,26,34,38-40,43,46H,11H2,1-4H3,(H2,33,44)(H,35,45)/t12-,17-,18?,22?,23-,26-,32-/m0/s1. The molecule has 0 spiro atoms. The van der Waals surface area contributed by atoms with E-state index >= 15 is 0 Å². The molecule has 2 amide bonds. The summed E-state index contributed by atoms with van der Waals surface area (Å²) in [6.07, 6.45) is -1.62. The van der Waals surface area contributed by atoms with Crippen molar-refractivity contribution in [3.8, 4) is 5.75 Å². The summed E-state index contributed by atoms with van der Waals surface area (Å²) in [4.78, 5) is 64.6. The second-order valence-electron chi connectivity index (χ2n) is 12.4. The number of nitro benzene ring substituents is 1. The number of anilines is 1. The number of rotatable bonds is 8. The Labute approximate surface area is 273 Å². The first kappa shape index (κ1) is 34.2. The van der Waals surface area contributed by atoms with E-state index in [2.05, 4.69) is 10.6 Å². The number of Topliss-reactive ketones (excluding diaryl/α,β-unsaturated/α-hetero) is 2. The number of hydrogen-bond donors (Lipinski definition) is 8. The van der Waals surface area contributed by atoms with Crippen LogP contribution in [0.5, 0.6) is 5.75 Å². The molecule has 2 unspecified atom stereocenters. The maximum absolute atomic E-state index is 14.2. The molecule has 5 rings (SSSR count). The lowest BCUT2D eigenvalue weighted by atomic mass is 9.54. The predicted octanol–water partition coefficient (Wildman–Crippen LogP) is 0.173. The molecular formula is C32H35N5O11. The van der Waals surface area contributed by atoms with Gasteiger partial charge in [0.1, 0.15) is 22.8 Å². The smallest absolute Gasteiger partial charge is 0.269 e. The Kier molecular flexibility index (Phi) is 8.64.